The van der Waals surface area contributed by atoms with Crippen LogP contribution in [0, 0.1) is 0 Å². The first-order valence-corrected chi connectivity index (χ1v) is 6.29. The van der Waals surface area contributed by atoms with E-state index in [1.807, 2.05) is 13.8 Å². The fraction of sp³-hybridized carbons (Fsp3) is 0.714. The summed E-state index contributed by atoms with van der Waals surface area (Å²) in [4.78, 5) is 0. The van der Waals surface area contributed by atoms with Gasteiger partial charge >= 0.3 is 0 Å². The second-order valence-corrected chi connectivity index (χ2v) is 5.30. The van der Waals surface area contributed by atoms with Gasteiger partial charge in [0.05, 0.1) is 24.1 Å². The standard InChI is InChI=1S/C14H22O3/c1-14(2,15-3)10-17-12-8-11-6-4-5-7-13(11)16-9-12/h4,6,12H,5,7-10H2,1-3H3. The van der Waals surface area contributed by atoms with Crippen LogP contribution in [0.1, 0.15) is 33.1 Å². The first kappa shape index (κ1) is 12.7. The van der Waals surface area contributed by atoms with Crippen molar-refractivity contribution in [3.05, 3.63) is 23.5 Å². The summed E-state index contributed by atoms with van der Waals surface area (Å²) in [5.41, 5.74) is 1.08. The maximum Gasteiger partial charge on any atom is 0.114 e. The van der Waals surface area contributed by atoms with Crippen LogP contribution in [-0.4, -0.2) is 32.0 Å². The van der Waals surface area contributed by atoms with E-state index in [4.69, 9.17) is 14.2 Å². The monoisotopic (exact) mass is 238 g/mol. The number of methoxy groups -OCH3 is 1. The average Bonchev–Trinajstić information content (AvgIpc) is 2.36. The van der Waals surface area contributed by atoms with E-state index >= 15 is 0 Å². The van der Waals surface area contributed by atoms with Gasteiger partial charge in [0.25, 0.3) is 0 Å². The number of rotatable bonds is 4. The van der Waals surface area contributed by atoms with Gasteiger partial charge in [0.1, 0.15) is 6.61 Å². The molecule has 17 heavy (non-hydrogen) atoms. The first-order chi connectivity index (χ1) is 8.11. The van der Waals surface area contributed by atoms with Crippen molar-refractivity contribution in [2.75, 3.05) is 20.3 Å². The molecule has 0 saturated carbocycles. The second kappa shape index (κ2) is 5.23. The molecule has 3 nitrogen and oxygen atoms in total. The Morgan fingerprint density at radius 2 is 2.29 bits per heavy atom. The molecule has 0 aromatic rings. The molecule has 0 aromatic carbocycles. The van der Waals surface area contributed by atoms with Crippen LogP contribution in [0.3, 0.4) is 0 Å². The predicted molar refractivity (Wildman–Crippen MR) is 66.8 cm³/mol. The van der Waals surface area contributed by atoms with Crippen LogP contribution in [0.4, 0.5) is 0 Å². The van der Waals surface area contributed by atoms with Crippen LogP contribution in [0.2, 0.25) is 0 Å². The minimum atomic E-state index is -0.225. The van der Waals surface area contributed by atoms with Crippen molar-refractivity contribution in [3.8, 4) is 0 Å². The van der Waals surface area contributed by atoms with Gasteiger partial charge in [-0.05, 0) is 25.8 Å². The molecule has 0 aromatic heterocycles. The zero-order valence-electron chi connectivity index (χ0n) is 11.0. The summed E-state index contributed by atoms with van der Waals surface area (Å²) < 4.78 is 17.0. The highest BCUT2D eigenvalue weighted by atomic mass is 16.6. The lowest BCUT2D eigenvalue weighted by atomic mass is 9.97. The molecule has 0 amide bonds. The quantitative estimate of drug-likeness (QED) is 0.753. The predicted octanol–water partition coefficient (Wildman–Crippen LogP) is 2.82. The minimum absolute atomic E-state index is 0.158. The molecule has 1 unspecified atom stereocenters. The fourth-order valence-corrected chi connectivity index (χ4v) is 2.02. The SMILES string of the molecule is COC(C)(C)COC1COC2=C(C=CCC2)C1. The molecule has 3 heteroatoms. The Morgan fingerprint density at radius 1 is 1.47 bits per heavy atom. The van der Waals surface area contributed by atoms with E-state index < -0.39 is 0 Å². The molecular weight excluding hydrogens is 216 g/mol. The molecule has 1 atom stereocenters. The van der Waals surface area contributed by atoms with E-state index in [2.05, 4.69) is 12.2 Å². The van der Waals surface area contributed by atoms with E-state index in [0.717, 1.165) is 19.3 Å². The van der Waals surface area contributed by atoms with E-state index in [9.17, 15) is 0 Å². The highest BCUT2D eigenvalue weighted by Gasteiger charge is 2.25. The van der Waals surface area contributed by atoms with Crippen molar-refractivity contribution in [3.63, 3.8) is 0 Å². The molecule has 2 aliphatic rings. The van der Waals surface area contributed by atoms with Crippen LogP contribution >= 0.6 is 0 Å². The molecule has 1 aliphatic carbocycles. The smallest absolute Gasteiger partial charge is 0.114 e. The van der Waals surface area contributed by atoms with Gasteiger partial charge < -0.3 is 14.2 Å². The molecule has 0 saturated heterocycles. The summed E-state index contributed by atoms with van der Waals surface area (Å²) in [5.74, 6) is 1.17. The Morgan fingerprint density at radius 3 is 3.06 bits per heavy atom. The van der Waals surface area contributed by atoms with Gasteiger partial charge in [0, 0.05) is 20.0 Å². The van der Waals surface area contributed by atoms with Crippen LogP contribution in [0.5, 0.6) is 0 Å². The molecular formula is C14H22O3. The lowest BCUT2D eigenvalue weighted by Gasteiger charge is -2.31. The second-order valence-electron chi connectivity index (χ2n) is 5.30. The Labute approximate surface area is 103 Å². The molecule has 96 valence electrons. The highest BCUT2D eigenvalue weighted by Crippen LogP contribution is 2.29. The van der Waals surface area contributed by atoms with Gasteiger partial charge in [-0.3, -0.25) is 0 Å². The molecule has 0 spiro atoms. The van der Waals surface area contributed by atoms with Gasteiger partial charge in [-0.2, -0.15) is 0 Å². The first-order valence-electron chi connectivity index (χ1n) is 6.29. The summed E-state index contributed by atoms with van der Waals surface area (Å²) in [6.07, 6.45) is 7.65. The number of hydrogen-bond acceptors (Lipinski definition) is 3. The molecule has 1 aliphatic heterocycles. The summed E-state index contributed by atoms with van der Waals surface area (Å²) in [7, 11) is 1.71. The molecule has 0 N–H and O–H groups in total. The normalized spacial score (nSPS) is 24.5. The van der Waals surface area contributed by atoms with Gasteiger partial charge in [0.2, 0.25) is 0 Å². The summed E-state index contributed by atoms with van der Waals surface area (Å²) in [5, 5.41) is 0. The summed E-state index contributed by atoms with van der Waals surface area (Å²) >= 11 is 0. The molecule has 1 heterocycles. The third-order valence-corrected chi connectivity index (χ3v) is 3.33. The fourth-order valence-electron chi connectivity index (χ4n) is 2.02. The van der Waals surface area contributed by atoms with Gasteiger partial charge in [0.15, 0.2) is 0 Å². The maximum absolute atomic E-state index is 5.87. The van der Waals surface area contributed by atoms with Crippen molar-refractivity contribution >= 4 is 0 Å². The Bertz CT molecular complexity index is 328. The lowest BCUT2D eigenvalue weighted by molar-refractivity contribution is -0.0922. The lowest BCUT2D eigenvalue weighted by Crippen LogP contribution is -2.34. The Hall–Kier alpha value is -0.800. The van der Waals surface area contributed by atoms with Gasteiger partial charge in [-0.15, -0.1) is 0 Å². The third-order valence-electron chi connectivity index (χ3n) is 3.33. The maximum atomic E-state index is 5.87. The van der Waals surface area contributed by atoms with E-state index in [0.29, 0.717) is 13.2 Å². The topological polar surface area (TPSA) is 27.7 Å². The van der Waals surface area contributed by atoms with E-state index in [-0.39, 0.29) is 11.7 Å². The molecule has 0 radical (unpaired) electrons. The largest absolute Gasteiger partial charge is 0.495 e. The van der Waals surface area contributed by atoms with Gasteiger partial charge in [-0.25, -0.2) is 0 Å². The van der Waals surface area contributed by atoms with Crippen molar-refractivity contribution in [2.24, 2.45) is 0 Å². The van der Waals surface area contributed by atoms with E-state index in [1.54, 1.807) is 7.11 Å². The van der Waals surface area contributed by atoms with Crippen LogP contribution < -0.4 is 0 Å². The summed E-state index contributed by atoms with van der Waals surface area (Å²) in [6, 6.07) is 0. The third kappa shape index (κ3) is 3.33. The summed E-state index contributed by atoms with van der Waals surface area (Å²) in [6.45, 7) is 5.33. The van der Waals surface area contributed by atoms with Crippen LogP contribution in [0.25, 0.3) is 0 Å². The minimum Gasteiger partial charge on any atom is -0.495 e. The Balaban J connectivity index is 1.86. The number of allylic oxidation sites excluding steroid dienone is 3. The zero-order valence-corrected chi connectivity index (χ0v) is 11.0. The van der Waals surface area contributed by atoms with Crippen LogP contribution in [-0.2, 0) is 14.2 Å². The highest BCUT2D eigenvalue weighted by molar-refractivity contribution is 5.28. The van der Waals surface area contributed by atoms with E-state index in [1.165, 1.54) is 11.3 Å². The molecule has 0 bridgehead atoms. The number of ether oxygens (including phenoxy) is 3. The molecule has 0 fully saturated rings. The van der Waals surface area contributed by atoms with Gasteiger partial charge in [-0.1, -0.05) is 12.2 Å². The molecule has 2 rings (SSSR count). The van der Waals surface area contributed by atoms with Crippen LogP contribution in [0.15, 0.2) is 23.5 Å². The van der Waals surface area contributed by atoms with Crippen molar-refractivity contribution in [1.29, 1.82) is 0 Å². The Kier molecular flexibility index (Phi) is 3.89. The zero-order chi connectivity index (χ0) is 12.3. The average molecular weight is 238 g/mol. The van der Waals surface area contributed by atoms with Crippen molar-refractivity contribution < 1.29 is 14.2 Å². The van der Waals surface area contributed by atoms with Crippen molar-refractivity contribution in [1.82, 2.24) is 0 Å². The van der Waals surface area contributed by atoms with Crippen molar-refractivity contribution in [2.45, 2.75) is 44.8 Å². The number of hydrogen-bond donors (Lipinski definition) is 0.